The van der Waals surface area contributed by atoms with Crippen LogP contribution in [0.1, 0.15) is 30.8 Å². The molecule has 1 saturated heterocycles. The van der Waals surface area contributed by atoms with E-state index in [1.165, 1.54) is 6.07 Å². The number of aromatic nitrogens is 2. The van der Waals surface area contributed by atoms with Gasteiger partial charge in [0.2, 0.25) is 0 Å². The fourth-order valence-corrected chi connectivity index (χ4v) is 4.88. The number of hydrogen-bond acceptors (Lipinski definition) is 4. The van der Waals surface area contributed by atoms with Crippen molar-refractivity contribution in [2.75, 3.05) is 13.2 Å². The van der Waals surface area contributed by atoms with Crippen LogP contribution in [0, 0.1) is 17.7 Å². The molecule has 32 heavy (non-hydrogen) atoms. The summed E-state index contributed by atoms with van der Waals surface area (Å²) in [6.07, 6.45) is 4.50. The Bertz CT molecular complexity index is 1100. The van der Waals surface area contributed by atoms with Gasteiger partial charge < -0.3 is 18.6 Å². The summed E-state index contributed by atoms with van der Waals surface area (Å²) in [6, 6.07) is 12.5. The topological polar surface area (TPSA) is 45.5 Å². The fraction of sp³-hybridized carbons (Fsp3) is 0.292. The molecule has 3 aromatic rings. The summed E-state index contributed by atoms with van der Waals surface area (Å²) in [5.41, 5.74) is 1.96. The first-order valence-electron chi connectivity index (χ1n) is 10.3. The second kappa shape index (κ2) is 11.2. The van der Waals surface area contributed by atoms with Crippen LogP contribution in [0.4, 0.5) is 4.39 Å². The van der Waals surface area contributed by atoms with E-state index >= 15 is 0 Å². The summed E-state index contributed by atoms with van der Waals surface area (Å²) in [7, 11) is 0. The molecule has 2 heterocycles. The molecule has 8 heteroatoms. The molecule has 0 aliphatic carbocycles. The first-order chi connectivity index (χ1) is 15.6. The summed E-state index contributed by atoms with van der Waals surface area (Å²) in [5.74, 6) is 7.43. The molecule has 0 bridgehead atoms. The molecule has 1 fully saturated rings. The van der Waals surface area contributed by atoms with Crippen molar-refractivity contribution in [2.24, 2.45) is 0 Å². The Hall–Kier alpha value is -1.98. The summed E-state index contributed by atoms with van der Waals surface area (Å²) in [5, 5.41) is 0. The van der Waals surface area contributed by atoms with Crippen LogP contribution in [0.2, 0.25) is 0 Å². The van der Waals surface area contributed by atoms with Crippen LogP contribution in [0.15, 0.2) is 54.9 Å². The highest BCUT2D eigenvalue weighted by Gasteiger charge is 2.17. The minimum absolute atomic E-state index is 0.0937. The van der Waals surface area contributed by atoms with Crippen molar-refractivity contribution in [1.29, 1.82) is 0 Å². The molecule has 1 aliphatic rings. The van der Waals surface area contributed by atoms with E-state index in [1.54, 1.807) is 12.3 Å². The Kier molecular flexibility index (Phi) is 8.15. The smallest absolute Gasteiger partial charge is 0.138 e. The lowest BCUT2D eigenvalue weighted by atomic mass is 10.0. The van der Waals surface area contributed by atoms with E-state index in [1.807, 2.05) is 48.0 Å². The van der Waals surface area contributed by atoms with Crippen LogP contribution in [-0.4, -0.2) is 28.9 Å². The highest BCUT2D eigenvalue weighted by Crippen LogP contribution is 2.31. The maximum atomic E-state index is 14.8. The van der Waals surface area contributed by atoms with Crippen molar-refractivity contribution < 1.29 is 18.4 Å². The molecule has 3 atom stereocenters. The van der Waals surface area contributed by atoms with Gasteiger partial charge in [-0.15, -0.1) is 0 Å². The number of rotatable bonds is 7. The van der Waals surface area contributed by atoms with Crippen LogP contribution in [0.3, 0.4) is 0 Å². The molecule has 0 N–H and O–H groups in total. The Morgan fingerprint density at radius 2 is 2.16 bits per heavy atom. The monoisotopic (exact) mass is 564 g/mol. The SMILES string of the molecule is CC(OPI)c1nccn1CC#Cc1ccc(-c2ccc(OC3CCOC3)cc2)c(F)c1. The van der Waals surface area contributed by atoms with Crippen LogP contribution in [0.25, 0.3) is 11.1 Å². The summed E-state index contributed by atoms with van der Waals surface area (Å²) >= 11 is 2.19. The lowest BCUT2D eigenvalue weighted by molar-refractivity contribution is 0.141. The highest BCUT2D eigenvalue weighted by molar-refractivity contribution is 14.2. The van der Waals surface area contributed by atoms with Gasteiger partial charge in [-0.3, -0.25) is 0 Å². The number of nitrogens with zero attached hydrogens (tertiary/aromatic N) is 2. The molecule has 5 nitrogen and oxygen atoms in total. The van der Waals surface area contributed by atoms with Crippen molar-refractivity contribution in [2.45, 2.75) is 32.1 Å². The molecule has 0 saturated carbocycles. The third-order valence-electron chi connectivity index (χ3n) is 5.14. The zero-order valence-corrected chi connectivity index (χ0v) is 20.7. The van der Waals surface area contributed by atoms with Crippen molar-refractivity contribution >= 4 is 28.5 Å². The third-order valence-corrected chi connectivity index (χ3v) is 6.35. The van der Waals surface area contributed by atoms with Crippen molar-refractivity contribution in [1.82, 2.24) is 9.55 Å². The van der Waals surface area contributed by atoms with Crippen molar-refractivity contribution in [3.8, 4) is 28.7 Å². The standard InChI is InChI=1S/C24H23FIN2O3P/c1-17(31-32-26)24-27-11-13-28(24)12-2-3-18-4-9-22(23(25)15-18)19-5-7-20(8-6-19)30-21-10-14-29-16-21/h4-9,11,13,15,17,21,32H,10,12,14,16H2,1H3. The van der Waals surface area contributed by atoms with E-state index in [0.29, 0.717) is 30.7 Å². The molecular formula is C24H23FIN2O3P. The number of imidazole rings is 1. The minimum atomic E-state index is -0.303. The normalized spacial score (nSPS) is 16.8. The number of benzene rings is 2. The molecule has 1 aromatic heterocycles. The zero-order chi connectivity index (χ0) is 22.3. The second-order valence-electron chi connectivity index (χ2n) is 7.37. The first kappa shape index (κ1) is 23.2. The van der Waals surface area contributed by atoms with Crippen LogP contribution in [-0.2, 0) is 15.8 Å². The van der Waals surface area contributed by atoms with E-state index < -0.39 is 0 Å². The summed E-state index contributed by atoms with van der Waals surface area (Å²) in [4.78, 5) is 4.35. The molecular weight excluding hydrogens is 541 g/mol. The zero-order valence-electron chi connectivity index (χ0n) is 17.6. The molecule has 0 spiro atoms. The molecule has 3 unspecified atom stereocenters. The van der Waals surface area contributed by atoms with Crippen LogP contribution >= 0.6 is 28.5 Å². The molecule has 0 amide bonds. The van der Waals surface area contributed by atoms with Gasteiger partial charge in [-0.25, -0.2) is 9.37 Å². The van der Waals surface area contributed by atoms with Gasteiger partial charge in [0.05, 0.1) is 26.2 Å². The summed E-state index contributed by atoms with van der Waals surface area (Å²) < 4.78 is 33.5. The van der Waals surface area contributed by atoms with Crippen molar-refractivity contribution in [3.05, 3.63) is 72.1 Å². The second-order valence-corrected chi connectivity index (χ2v) is 9.09. The molecule has 2 aromatic carbocycles. The average molecular weight is 564 g/mol. The average Bonchev–Trinajstić information content (AvgIpc) is 3.47. The van der Waals surface area contributed by atoms with Crippen LogP contribution < -0.4 is 4.74 Å². The minimum Gasteiger partial charge on any atom is -0.488 e. The third kappa shape index (κ3) is 5.87. The molecule has 4 rings (SSSR count). The van der Waals surface area contributed by atoms with Gasteiger partial charge in [0.25, 0.3) is 0 Å². The Balaban J connectivity index is 1.41. The first-order valence-corrected chi connectivity index (χ1v) is 14.3. The molecule has 0 radical (unpaired) electrons. The Morgan fingerprint density at radius 3 is 2.88 bits per heavy atom. The van der Waals surface area contributed by atoms with Gasteiger partial charge in [0, 0.05) is 29.9 Å². The highest BCUT2D eigenvalue weighted by atomic mass is 127. The van der Waals surface area contributed by atoms with E-state index in [9.17, 15) is 4.39 Å². The number of hydrogen-bond donors (Lipinski definition) is 0. The number of ether oxygens (including phenoxy) is 2. The maximum Gasteiger partial charge on any atom is 0.138 e. The van der Waals surface area contributed by atoms with Gasteiger partial charge in [0.15, 0.2) is 0 Å². The van der Waals surface area contributed by atoms with Crippen molar-refractivity contribution in [3.63, 3.8) is 0 Å². The van der Waals surface area contributed by atoms with E-state index in [0.717, 1.165) is 30.2 Å². The fourth-order valence-electron chi connectivity index (χ4n) is 3.50. The van der Waals surface area contributed by atoms with Gasteiger partial charge in [0.1, 0.15) is 29.6 Å². The molecule has 1 aliphatic heterocycles. The Morgan fingerprint density at radius 1 is 1.31 bits per heavy atom. The number of halogens is 2. The van der Waals surface area contributed by atoms with E-state index in [4.69, 9.17) is 14.0 Å². The lowest BCUT2D eigenvalue weighted by Crippen LogP contribution is -2.15. The van der Waals surface area contributed by atoms with Gasteiger partial charge >= 0.3 is 0 Å². The van der Waals surface area contributed by atoms with Gasteiger partial charge in [-0.1, -0.05) is 30.0 Å². The molecule has 166 valence electrons. The lowest BCUT2D eigenvalue weighted by Gasteiger charge is -2.12. The summed E-state index contributed by atoms with van der Waals surface area (Å²) in [6.45, 7) is 4.15. The van der Waals surface area contributed by atoms with Gasteiger partial charge in [-0.2, -0.15) is 0 Å². The van der Waals surface area contributed by atoms with E-state index in [2.05, 4.69) is 38.9 Å². The van der Waals surface area contributed by atoms with Crippen LogP contribution in [0.5, 0.6) is 5.75 Å². The predicted octanol–water partition coefficient (Wildman–Crippen LogP) is 5.93. The van der Waals surface area contributed by atoms with Gasteiger partial charge in [-0.05, 0) is 58.8 Å². The largest absolute Gasteiger partial charge is 0.488 e. The maximum absolute atomic E-state index is 14.8. The Labute approximate surface area is 202 Å². The van der Waals surface area contributed by atoms with E-state index in [-0.39, 0.29) is 18.0 Å². The predicted molar refractivity (Wildman–Crippen MR) is 133 cm³/mol. The quantitative estimate of drug-likeness (QED) is 0.203.